The van der Waals surface area contributed by atoms with Gasteiger partial charge in [0.05, 0.1) is 6.20 Å². The van der Waals surface area contributed by atoms with E-state index < -0.39 is 0 Å². The van der Waals surface area contributed by atoms with E-state index >= 15 is 0 Å². The third-order valence-corrected chi connectivity index (χ3v) is 2.42. The van der Waals surface area contributed by atoms with Gasteiger partial charge in [-0.2, -0.15) is 9.78 Å². The molecule has 0 spiro atoms. The Hall–Kier alpha value is -2.37. The first-order chi connectivity index (χ1) is 8.11. The predicted octanol–water partition coefficient (Wildman–Crippen LogP) is 0.872. The minimum absolute atomic E-state index is 0.225. The van der Waals surface area contributed by atoms with Gasteiger partial charge in [-0.3, -0.25) is 10.4 Å². The summed E-state index contributed by atoms with van der Waals surface area (Å²) in [7, 11) is 3.55. The van der Waals surface area contributed by atoms with Gasteiger partial charge in [-0.05, 0) is 17.7 Å². The van der Waals surface area contributed by atoms with Crippen LogP contribution < -0.4 is 5.73 Å². The molecule has 0 amide bonds. The molecule has 2 heterocycles. The van der Waals surface area contributed by atoms with E-state index in [9.17, 15) is 0 Å². The van der Waals surface area contributed by atoms with Crippen LogP contribution in [0.5, 0.6) is 0 Å². The molecule has 0 saturated carbocycles. The van der Waals surface area contributed by atoms with Crippen LogP contribution >= 0.6 is 0 Å². The van der Waals surface area contributed by atoms with Gasteiger partial charge in [0.25, 0.3) is 0 Å². The fraction of sp³-hybridized carbons (Fsp3) is 0.182. The van der Waals surface area contributed by atoms with Gasteiger partial charge in [-0.1, -0.05) is 0 Å². The number of pyridine rings is 1. The second-order valence-corrected chi connectivity index (χ2v) is 3.81. The van der Waals surface area contributed by atoms with E-state index in [-0.39, 0.29) is 5.96 Å². The van der Waals surface area contributed by atoms with Crippen molar-refractivity contribution in [3.8, 4) is 11.1 Å². The summed E-state index contributed by atoms with van der Waals surface area (Å²) in [6.45, 7) is 0. The van der Waals surface area contributed by atoms with E-state index in [2.05, 4.69) is 10.1 Å². The number of hydrogen-bond acceptors (Lipinski definition) is 4. The van der Waals surface area contributed by atoms with Crippen molar-refractivity contribution in [1.82, 2.24) is 19.7 Å². The van der Waals surface area contributed by atoms with Crippen LogP contribution in [0.2, 0.25) is 0 Å². The van der Waals surface area contributed by atoms with Gasteiger partial charge in [-0.25, -0.2) is 0 Å². The molecular formula is C11H14N6. The topological polar surface area (TPSA) is 83.8 Å². The molecule has 0 saturated heterocycles. The molecule has 6 nitrogen and oxygen atoms in total. The van der Waals surface area contributed by atoms with E-state index in [4.69, 9.17) is 11.1 Å². The van der Waals surface area contributed by atoms with Crippen molar-refractivity contribution in [1.29, 1.82) is 5.41 Å². The Bertz CT molecular complexity index is 528. The summed E-state index contributed by atoms with van der Waals surface area (Å²) in [5.74, 6) is 0.678. The van der Waals surface area contributed by atoms with Crippen LogP contribution in [0.3, 0.4) is 0 Å². The molecule has 0 aromatic carbocycles. The molecule has 0 atom stereocenters. The summed E-state index contributed by atoms with van der Waals surface area (Å²) in [6, 6.07) is 3.72. The summed E-state index contributed by atoms with van der Waals surface area (Å²) >= 11 is 0. The summed E-state index contributed by atoms with van der Waals surface area (Å²) in [4.78, 5) is 5.59. The zero-order chi connectivity index (χ0) is 12.4. The Labute approximate surface area is 99.2 Å². The van der Waals surface area contributed by atoms with Crippen molar-refractivity contribution in [2.24, 2.45) is 0 Å². The van der Waals surface area contributed by atoms with Crippen LogP contribution in [0.25, 0.3) is 11.1 Å². The second kappa shape index (κ2) is 4.25. The van der Waals surface area contributed by atoms with Crippen LogP contribution in [0.4, 0.5) is 5.82 Å². The Morgan fingerprint density at radius 2 is 2.00 bits per heavy atom. The lowest BCUT2D eigenvalue weighted by Crippen LogP contribution is -2.29. The molecule has 6 heteroatoms. The van der Waals surface area contributed by atoms with Gasteiger partial charge < -0.3 is 10.6 Å². The molecule has 0 fully saturated rings. The number of rotatable bonds is 1. The van der Waals surface area contributed by atoms with E-state index in [0.717, 1.165) is 11.1 Å². The fourth-order valence-electron chi connectivity index (χ4n) is 1.47. The third kappa shape index (κ3) is 1.96. The summed E-state index contributed by atoms with van der Waals surface area (Å²) < 4.78 is 1.40. The first-order valence-electron chi connectivity index (χ1n) is 5.11. The van der Waals surface area contributed by atoms with E-state index in [1.54, 1.807) is 37.6 Å². The van der Waals surface area contributed by atoms with Crippen molar-refractivity contribution in [2.75, 3.05) is 19.8 Å². The molecule has 0 aliphatic rings. The van der Waals surface area contributed by atoms with Crippen LogP contribution in [0.15, 0.2) is 30.7 Å². The van der Waals surface area contributed by atoms with Crippen molar-refractivity contribution >= 4 is 11.8 Å². The largest absolute Gasteiger partial charge is 0.383 e. The average Bonchev–Trinajstić information content (AvgIpc) is 2.71. The van der Waals surface area contributed by atoms with Gasteiger partial charge >= 0.3 is 0 Å². The highest BCUT2D eigenvalue weighted by atomic mass is 15.4. The van der Waals surface area contributed by atoms with E-state index in [1.165, 1.54) is 4.68 Å². The normalized spacial score (nSPS) is 10.2. The number of nitrogens with two attached hydrogens (primary N) is 1. The maximum atomic E-state index is 7.84. The molecule has 0 radical (unpaired) electrons. The lowest BCUT2D eigenvalue weighted by atomic mass is 10.1. The highest BCUT2D eigenvalue weighted by Crippen LogP contribution is 2.24. The maximum Gasteiger partial charge on any atom is 0.220 e. The first-order valence-corrected chi connectivity index (χ1v) is 5.11. The second-order valence-electron chi connectivity index (χ2n) is 3.81. The third-order valence-electron chi connectivity index (χ3n) is 2.42. The molecule has 3 N–H and O–H groups in total. The fourth-order valence-corrected chi connectivity index (χ4v) is 1.47. The highest BCUT2D eigenvalue weighted by molar-refractivity contribution is 5.85. The molecule has 0 aliphatic heterocycles. The van der Waals surface area contributed by atoms with E-state index in [1.807, 2.05) is 12.1 Å². The van der Waals surface area contributed by atoms with Crippen molar-refractivity contribution in [3.05, 3.63) is 30.7 Å². The molecule has 0 unspecified atom stereocenters. The highest BCUT2D eigenvalue weighted by Gasteiger charge is 2.13. The quantitative estimate of drug-likeness (QED) is 0.562. The zero-order valence-corrected chi connectivity index (χ0v) is 9.75. The summed E-state index contributed by atoms with van der Waals surface area (Å²) in [6.07, 6.45) is 5.05. The van der Waals surface area contributed by atoms with Crippen LogP contribution in [-0.4, -0.2) is 39.7 Å². The summed E-state index contributed by atoms with van der Waals surface area (Å²) in [5, 5.41) is 12.0. The molecule has 2 rings (SSSR count). The van der Waals surface area contributed by atoms with Crippen molar-refractivity contribution in [3.63, 3.8) is 0 Å². The number of nitrogens with one attached hydrogen (secondary N) is 1. The Morgan fingerprint density at radius 1 is 1.35 bits per heavy atom. The molecule has 2 aromatic heterocycles. The standard InChI is InChI=1S/C11H14N6/c1-16(2)11(13)17-10(12)9(7-15-17)8-3-5-14-6-4-8/h3-7,13H,12H2,1-2H3. The minimum atomic E-state index is 0.225. The monoisotopic (exact) mass is 230 g/mol. The van der Waals surface area contributed by atoms with E-state index in [0.29, 0.717) is 5.82 Å². The number of nitrogen functional groups attached to an aromatic ring is 1. The van der Waals surface area contributed by atoms with Crippen LogP contribution in [0, 0.1) is 5.41 Å². The Balaban J connectivity index is 2.44. The van der Waals surface area contributed by atoms with Crippen molar-refractivity contribution in [2.45, 2.75) is 0 Å². The van der Waals surface area contributed by atoms with Crippen molar-refractivity contribution < 1.29 is 0 Å². The first kappa shape index (κ1) is 11.1. The average molecular weight is 230 g/mol. The van der Waals surface area contributed by atoms with Gasteiger partial charge in [0.2, 0.25) is 5.96 Å². The Kier molecular flexibility index (Phi) is 2.78. The summed E-state index contributed by atoms with van der Waals surface area (Å²) in [5.41, 5.74) is 7.73. The molecule has 88 valence electrons. The zero-order valence-electron chi connectivity index (χ0n) is 9.75. The smallest absolute Gasteiger partial charge is 0.220 e. The van der Waals surface area contributed by atoms with Crippen LogP contribution in [-0.2, 0) is 0 Å². The van der Waals surface area contributed by atoms with Crippen LogP contribution in [0.1, 0.15) is 0 Å². The molecule has 2 aromatic rings. The number of aromatic nitrogens is 3. The number of hydrogen-bond donors (Lipinski definition) is 2. The predicted molar refractivity (Wildman–Crippen MR) is 66.7 cm³/mol. The molecular weight excluding hydrogens is 216 g/mol. The van der Waals surface area contributed by atoms with Gasteiger partial charge in [0, 0.05) is 32.1 Å². The minimum Gasteiger partial charge on any atom is -0.383 e. The van der Waals surface area contributed by atoms with Gasteiger partial charge in [0.1, 0.15) is 5.82 Å². The number of nitrogens with zero attached hydrogens (tertiary/aromatic N) is 4. The lowest BCUT2D eigenvalue weighted by molar-refractivity contribution is 0.578. The van der Waals surface area contributed by atoms with Gasteiger partial charge in [0.15, 0.2) is 0 Å². The van der Waals surface area contributed by atoms with Gasteiger partial charge in [-0.15, -0.1) is 0 Å². The lowest BCUT2D eigenvalue weighted by Gasteiger charge is -2.14. The molecule has 17 heavy (non-hydrogen) atoms. The maximum absolute atomic E-state index is 7.84. The molecule has 0 aliphatic carbocycles. The Morgan fingerprint density at radius 3 is 2.59 bits per heavy atom. The number of anilines is 1. The SMILES string of the molecule is CN(C)C(=N)n1ncc(-c2ccncc2)c1N. The molecule has 0 bridgehead atoms.